The number of alkyl halides is 2. The predicted molar refractivity (Wildman–Crippen MR) is 32.5 cm³/mol. The highest BCUT2D eigenvalue weighted by Crippen LogP contribution is 2.15. The molecular formula is C6H5F2NO2. The Morgan fingerprint density at radius 3 is 2.82 bits per heavy atom. The summed E-state index contributed by atoms with van der Waals surface area (Å²) in [5.74, 6) is -0.448. The highest BCUT2D eigenvalue weighted by atomic mass is 19.3. The van der Waals surface area contributed by atoms with Crippen molar-refractivity contribution in [1.29, 1.82) is 0 Å². The standard InChI is InChI=1S/C6H5F2NO2/c7-6(8)11-5-3-4(10)1-2-9-5/h1-3,6H,(H,9,10). The first kappa shape index (κ1) is 7.71. The van der Waals surface area contributed by atoms with Crippen LogP contribution in [0.5, 0.6) is 11.6 Å². The molecule has 0 saturated carbocycles. The van der Waals surface area contributed by atoms with E-state index >= 15 is 0 Å². The summed E-state index contributed by atoms with van der Waals surface area (Å²) in [6.07, 6.45) is 1.17. The third kappa shape index (κ3) is 2.37. The lowest BCUT2D eigenvalue weighted by molar-refractivity contribution is -0.0529. The first-order chi connectivity index (χ1) is 5.18. The van der Waals surface area contributed by atoms with Crippen LogP contribution in [0.2, 0.25) is 0 Å². The molecule has 11 heavy (non-hydrogen) atoms. The number of aromatic hydroxyl groups is 1. The average Bonchev–Trinajstić information content (AvgIpc) is 1.85. The first-order valence-corrected chi connectivity index (χ1v) is 2.78. The number of pyridine rings is 1. The molecular weight excluding hydrogens is 156 g/mol. The zero-order chi connectivity index (χ0) is 8.27. The Kier molecular flexibility index (Phi) is 2.20. The van der Waals surface area contributed by atoms with Gasteiger partial charge in [-0.15, -0.1) is 0 Å². The van der Waals surface area contributed by atoms with Crippen LogP contribution in [0.1, 0.15) is 0 Å². The van der Waals surface area contributed by atoms with Crippen molar-refractivity contribution < 1.29 is 18.6 Å². The summed E-state index contributed by atoms with van der Waals surface area (Å²) in [5.41, 5.74) is 0. The molecule has 1 aromatic heterocycles. The Morgan fingerprint density at radius 1 is 1.55 bits per heavy atom. The summed E-state index contributed by atoms with van der Waals surface area (Å²) in [5, 5.41) is 8.76. The van der Waals surface area contributed by atoms with Crippen molar-refractivity contribution in [3.05, 3.63) is 18.3 Å². The first-order valence-electron chi connectivity index (χ1n) is 2.78. The van der Waals surface area contributed by atoms with Gasteiger partial charge in [0.15, 0.2) is 0 Å². The van der Waals surface area contributed by atoms with Gasteiger partial charge in [-0.25, -0.2) is 4.98 Å². The predicted octanol–water partition coefficient (Wildman–Crippen LogP) is 1.39. The van der Waals surface area contributed by atoms with Gasteiger partial charge in [0, 0.05) is 12.3 Å². The van der Waals surface area contributed by atoms with Crippen LogP contribution in [-0.4, -0.2) is 16.7 Å². The number of halogens is 2. The third-order valence-electron chi connectivity index (χ3n) is 0.928. The Morgan fingerprint density at radius 2 is 2.27 bits per heavy atom. The van der Waals surface area contributed by atoms with E-state index in [1.165, 1.54) is 12.3 Å². The molecule has 0 aliphatic carbocycles. The van der Waals surface area contributed by atoms with Gasteiger partial charge < -0.3 is 9.84 Å². The molecule has 1 heterocycles. The molecule has 0 amide bonds. The lowest BCUT2D eigenvalue weighted by atomic mass is 10.4. The van der Waals surface area contributed by atoms with Crippen molar-refractivity contribution in [3.63, 3.8) is 0 Å². The Hall–Kier alpha value is -1.39. The van der Waals surface area contributed by atoms with E-state index in [0.29, 0.717) is 0 Å². The largest absolute Gasteiger partial charge is 0.508 e. The van der Waals surface area contributed by atoms with Crippen molar-refractivity contribution in [2.45, 2.75) is 6.61 Å². The molecule has 0 unspecified atom stereocenters. The molecule has 0 bridgehead atoms. The number of hydrogen-bond acceptors (Lipinski definition) is 3. The lowest BCUT2D eigenvalue weighted by Gasteiger charge is -2.01. The number of rotatable bonds is 2. The van der Waals surface area contributed by atoms with Gasteiger partial charge in [0.25, 0.3) is 0 Å². The molecule has 1 rings (SSSR count). The maximum atomic E-state index is 11.5. The maximum Gasteiger partial charge on any atom is 0.388 e. The highest BCUT2D eigenvalue weighted by molar-refractivity contribution is 5.24. The van der Waals surface area contributed by atoms with Crippen LogP contribution >= 0.6 is 0 Å². The van der Waals surface area contributed by atoms with Crippen LogP contribution < -0.4 is 4.74 Å². The monoisotopic (exact) mass is 161 g/mol. The van der Waals surface area contributed by atoms with Gasteiger partial charge in [0.1, 0.15) is 5.75 Å². The Balaban J connectivity index is 2.71. The molecule has 1 N–H and O–H groups in total. The van der Waals surface area contributed by atoms with Crippen LogP contribution in [-0.2, 0) is 0 Å². The van der Waals surface area contributed by atoms with Crippen molar-refractivity contribution in [2.24, 2.45) is 0 Å². The lowest BCUT2D eigenvalue weighted by Crippen LogP contribution is -2.02. The minimum atomic E-state index is -2.91. The molecule has 60 valence electrons. The SMILES string of the molecule is Oc1ccnc(OC(F)F)c1. The zero-order valence-electron chi connectivity index (χ0n) is 5.37. The summed E-state index contributed by atoms with van der Waals surface area (Å²) in [4.78, 5) is 3.42. The Bertz CT molecular complexity index is 242. The van der Waals surface area contributed by atoms with Crippen LogP contribution in [0.4, 0.5) is 8.78 Å². The van der Waals surface area contributed by atoms with Gasteiger partial charge >= 0.3 is 6.61 Å². The Labute approximate surface area is 61.3 Å². The average molecular weight is 161 g/mol. The number of hydrogen-bond donors (Lipinski definition) is 1. The summed E-state index contributed by atoms with van der Waals surface area (Å²) in [6, 6.07) is 2.27. The van der Waals surface area contributed by atoms with Crippen molar-refractivity contribution >= 4 is 0 Å². The molecule has 5 heteroatoms. The quantitative estimate of drug-likeness (QED) is 0.712. The van der Waals surface area contributed by atoms with Gasteiger partial charge in [-0.3, -0.25) is 0 Å². The van der Waals surface area contributed by atoms with E-state index in [4.69, 9.17) is 5.11 Å². The second-order valence-electron chi connectivity index (χ2n) is 1.73. The second-order valence-corrected chi connectivity index (χ2v) is 1.73. The topological polar surface area (TPSA) is 42.4 Å². The van der Waals surface area contributed by atoms with E-state index in [0.717, 1.165) is 6.07 Å². The fourth-order valence-corrected chi connectivity index (χ4v) is 0.555. The van der Waals surface area contributed by atoms with Gasteiger partial charge in [-0.2, -0.15) is 8.78 Å². The summed E-state index contributed by atoms with van der Waals surface area (Å²) in [7, 11) is 0. The van der Waals surface area contributed by atoms with Gasteiger partial charge in [0.05, 0.1) is 0 Å². The van der Waals surface area contributed by atoms with Crippen LogP contribution in [0, 0.1) is 0 Å². The zero-order valence-corrected chi connectivity index (χ0v) is 5.37. The molecule has 0 atom stereocenters. The van der Waals surface area contributed by atoms with Crippen LogP contribution in [0.3, 0.4) is 0 Å². The summed E-state index contributed by atoms with van der Waals surface area (Å²) < 4.78 is 26.9. The van der Waals surface area contributed by atoms with Crippen LogP contribution in [0.25, 0.3) is 0 Å². The smallest absolute Gasteiger partial charge is 0.388 e. The van der Waals surface area contributed by atoms with Crippen LogP contribution in [0.15, 0.2) is 18.3 Å². The van der Waals surface area contributed by atoms with Crippen molar-refractivity contribution in [2.75, 3.05) is 0 Å². The van der Waals surface area contributed by atoms with E-state index in [1.54, 1.807) is 0 Å². The second kappa shape index (κ2) is 3.14. The van der Waals surface area contributed by atoms with Crippen molar-refractivity contribution in [3.8, 4) is 11.6 Å². The van der Waals surface area contributed by atoms with E-state index in [1.807, 2.05) is 0 Å². The van der Waals surface area contributed by atoms with Gasteiger partial charge in [-0.05, 0) is 6.07 Å². The molecule has 3 nitrogen and oxygen atoms in total. The van der Waals surface area contributed by atoms with E-state index in [9.17, 15) is 8.78 Å². The fraction of sp³-hybridized carbons (Fsp3) is 0.167. The van der Waals surface area contributed by atoms with Crippen molar-refractivity contribution in [1.82, 2.24) is 4.98 Å². The fourth-order valence-electron chi connectivity index (χ4n) is 0.555. The molecule has 0 aliphatic rings. The third-order valence-corrected chi connectivity index (χ3v) is 0.928. The minimum absolute atomic E-state index is 0.157. The van der Waals surface area contributed by atoms with E-state index in [2.05, 4.69) is 9.72 Å². The van der Waals surface area contributed by atoms with E-state index < -0.39 is 6.61 Å². The normalized spacial score (nSPS) is 10.1. The molecule has 0 aromatic carbocycles. The molecule has 0 radical (unpaired) electrons. The number of aromatic nitrogens is 1. The number of ether oxygens (including phenoxy) is 1. The molecule has 0 aliphatic heterocycles. The number of nitrogens with zero attached hydrogens (tertiary/aromatic N) is 1. The summed E-state index contributed by atoms with van der Waals surface area (Å²) in [6.45, 7) is -2.91. The van der Waals surface area contributed by atoms with E-state index in [-0.39, 0.29) is 11.6 Å². The molecule has 0 spiro atoms. The molecule has 0 saturated heterocycles. The minimum Gasteiger partial charge on any atom is -0.508 e. The van der Waals surface area contributed by atoms with Gasteiger partial charge in [0.2, 0.25) is 5.88 Å². The maximum absolute atomic E-state index is 11.5. The van der Waals surface area contributed by atoms with Gasteiger partial charge in [-0.1, -0.05) is 0 Å². The molecule has 1 aromatic rings. The highest BCUT2D eigenvalue weighted by Gasteiger charge is 2.04. The molecule has 0 fully saturated rings. The summed E-state index contributed by atoms with van der Waals surface area (Å²) >= 11 is 0.